The zero-order chi connectivity index (χ0) is 15.9. The van der Waals surface area contributed by atoms with Crippen LogP contribution < -0.4 is 5.73 Å². The van der Waals surface area contributed by atoms with Gasteiger partial charge in [0.05, 0.1) is 16.1 Å². The highest BCUT2D eigenvalue weighted by Crippen LogP contribution is 2.39. The summed E-state index contributed by atoms with van der Waals surface area (Å²) in [6, 6.07) is 1.65. The molecule has 3 rings (SSSR count). The first kappa shape index (κ1) is 15.8. The maximum atomic E-state index is 12.8. The van der Waals surface area contributed by atoms with Gasteiger partial charge in [0.15, 0.2) is 5.13 Å². The number of halogens is 3. The van der Waals surface area contributed by atoms with Crippen LogP contribution in [-0.4, -0.2) is 22.5 Å². The molecule has 0 radical (unpaired) electrons. The van der Waals surface area contributed by atoms with Crippen LogP contribution in [0.5, 0.6) is 0 Å². The highest BCUT2D eigenvalue weighted by Gasteiger charge is 2.32. The standard InChI is InChI=1S/C14H16F3N3S2/c1-8-3-2-4-20(8)6-11-12(19-13(18)22-11)10-5-9(7-21-10)14(15,16)17/h5,7-8H,2-4,6H2,1H3,(H2,18,19)/t8-/m1/s1. The molecule has 3 heterocycles. The molecule has 3 nitrogen and oxygen atoms in total. The van der Waals surface area contributed by atoms with E-state index < -0.39 is 11.7 Å². The van der Waals surface area contributed by atoms with Crippen LogP contribution in [-0.2, 0) is 12.7 Å². The van der Waals surface area contributed by atoms with Gasteiger partial charge < -0.3 is 5.73 Å². The number of thiophene rings is 1. The molecule has 0 aliphatic carbocycles. The molecule has 2 aromatic heterocycles. The number of rotatable bonds is 3. The Hall–Kier alpha value is -1.12. The largest absolute Gasteiger partial charge is 0.417 e. The third-order valence-corrected chi connectivity index (χ3v) is 5.72. The minimum absolute atomic E-state index is 0.402. The van der Waals surface area contributed by atoms with Gasteiger partial charge in [-0.2, -0.15) is 13.2 Å². The number of aromatic nitrogens is 1. The molecule has 0 aromatic carbocycles. The van der Waals surface area contributed by atoms with Crippen molar-refractivity contribution < 1.29 is 13.2 Å². The Morgan fingerprint density at radius 1 is 1.45 bits per heavy atom. The molecule has 0 bridgehead atoms. The lowest BCUT2D eigenvalue weighted by atomic mass is 10.2. The summed E-state index contributed by atoms with van der Waals surface area (Å²) in [6.45, 7) is 3.88. The van der Waals surface area contributed by atoms with E-state index >= 15 is 0 Å². The Morgan fingerprint density at radius 2 is 2.23 bits per heavy atom. The first-order valence-corrected chi connectivity index (χ1v) is 8.69. The van der Waals surface area contributed by atoms with Crippen molar-refractivity contribution in [2.24, 2.45) is 0 Å². The van der Waals surface area contributed by atoms with Crippen LogP contribution >= 0.6 is 22.7 Å². The van der Waals surface area contributed by atoms with Gasteiger partial charge in [0.1, 0.15) is 0 Å². The molecular formula is C14H16F3N3S2. The molecule has 0 unspecified atom stereocenters. The van der Waals surface area contributed by atoms with Crippen molar-refractivity contribution in [2.45, 2.75) is 38.5 Å². The summed E-state index contributed by atoms with van der Waals surface area (Å²) in [5.74, 6) is 0. The molecule has 1 fully saturated rings. The van der Waals surface area contributed by atoms with Crippen molar-refractivity contribution in [1.29, 1.82) is 0 Å². The Labute approximate surface area is 134 Å². The molecule has 1 atom stereocenters. The van der Waals surface area contributed by atoms with Crippen molar-refractivity contribution in [3.8, 4) is 10.6 Å². The molecule has 1 aliphatic rings. The fourth-order valence-electron chi connectivity index (χ4n) is 2.69. The van der Waals surface area contributed by atoms with Crippen LogP contribution in [0.3, 0.4) is 0 Å². The van der Waals surface area contributed by atoms with E-state index in [-0.39, 0.29) is 0 Å². The van der Waals surface area contributed by atoms with Gasteiger partial charge in [-0.15, -0.1) is 22.7 Å². The summed E-state index contributed by atoms with van der Waals surface area (Å²) < 4.78 is 38.3. The van der Waals surface area contributed by atoms with Crippen LogP contribution in [0, 0.1) is 0 Å². The number of hydrogen-bond acceptors (Lipinski definition) is 5. The lowest BCUT2D eigenvalue weighted by Crippen LogP contribution is -2.25. The third kappa shape index (κ3) is 3.13. The summed E-state index contributed by atoms with van der Waals surface area (Å²) in [7, 11) is 0. The summed E-state index contributed by atoms with van der Waals surface area (Å²) in [5.41, 5.74) is 5.76. The van der Waals surface area contributed by atoms with Crippen LogP contribution in [0.2, 0.25) is 0 Å². The van der Waals surface area contributed by atoms with Gasteiger partial charge in [0.2, 0.25) is 0 Å². The maximum Gasteiger partial charge on any atom is 0.417 e. The van der Waals surface area contributed by atoms with E-state index in [1.54, 1.807) is 0 Å². The zero-order valence-electron chi connectivity index (χ0n) is 12.0. The number of anilines is 1. The summed E-state index contributed by atoms with van der Waals surface area (Å²) >= 11 is 2.43. The second kappa shape index (κ2) is 5.82. The van der Waals surface area contributed by atoms with Crippen molar-refractivity contribution in [3.05, 3.63) is 21.9 Å². The summed E-state index contributed by atoms with van der Waals surface area (Å²) in [4.78, 5) is 8.06. The topological polar surface area (TPSA) is 42.1 Å². The zero-order valence-corrected chi connectivity index (χ0v) is 13.6. The molecule has 2 aromatic rings. The molecule has 0 spiro atoms. The first-order valence-electron chi connectivity index (χ1n) is 7.00. The molecule has 8 heteroatoms. The van der Waals surface area contributed by atoms with Gasteiger partial charge in [0, 0.05) is 22.8 Å². The number of hydrogen-bond donors (Lipinski definition) is 1. The lowest BCUT2D eigenvalue weighted by Gasteiger charge is -2.20. The van der Waals surface area contributed by atoms with Gasteiger partial charge in [-0.1, -0.05) is 0 Å². The van der Waals surface area contributed by atoms with E-state index in [0.717, 1.165) is 47.0 Å². The average molecular weight is 347 g/mol. The van der Waals surface area contributed by atoms with Crippen molar-refractivity contribution in [1.82, 2.24) is 9.88 Å². The Kier molecular flexibility index (Phi) is 4.17. The SMILES string of the molecule is C[C@@H]1CCCN1Cc1sc(N)nc1-c1cc(C(F)(F)F)cs1. The number of thiazole rings is 1. The second-order valence-electron chi connectivity index (χ2n) is 5.48. The molecule has 1 saturated heterocycles. The monoisotopic (exact) mass is 347 g/mol. The molecule has 1 aliphatic heterocycles. The average Bonchev–Trinajstić information content (AvgIpc) is 3.10. The third-order valence-electron chi connectivity index (χ3n) is 3.91. The Bertz CT molecular complexity index is 663. The maximum absolute atomic E-state index is 12.8. The quantitative estimate of drug-likeness (QED) is 0.891. The number of alkyl halides is 3. The van der Waals surface area contributed by atoms with Gasteiger partial charge in [-0.3, -0.25) is 4.90 Å². The van der Waals surface area contributed by atoms with Gasteiger partial charge in [-0.05, 0) is 32.4 Å². The molecule has 120 valence electrons. The van der Waals surface area contributed by atoms with Crippen LogP contribution in [0.1, 0.15) is 30.2 Å². The summed E-state index contributed by atoms with van der Waals surface area (Å²) in [6.07, 6.45) is -2.01. The minimum atomic E-state index is -4.32. The number of nitrogens with two attached hydrogens (primary N) is 1. The van der Waals surface area contributed by atoms with E-state index in [2.05, 4.69) is 16.8 Å². The van der Waals surface area contributed by atoms with Crippen LogP contribution in [0.4, 0.5) is 18.3 Å². The van der Waals surface area contributed by atoms with Crippen LogP contribution in [0.25, 0.3) is 10.6 Å². The van der Waals surface area contributed by atoms with Crippen LogP contribution in [0.15, 0.2) is 11.4 Å². The fourth-order valence-corrected chi connectivity index (χ4v) is 4.56. The van der Waals surface area contributed by atoms with Gasteiger partial charge in [-0.25, -0.2) is 4.98 Å². The number of likely N-dealkylation sites (tertiary alicyclic amines) is 1. The molecule has 2 N–H and O–H groups in total. The van der Waals surface area contributed by atoms with Crippen molar-refractivity contribution >= 4 is 27.8 Å². The van der Waals surface area contributed by atoms with E-state index in [4.69, 9.17) is 5.73 Å². The predicted octanol–water partition coefficient (Wildman–Crippen LogP) is 4.46. The smallest absolute Gasteiger partial charge is 0.375 e. The van der Waals surface area contributed by atoms with Gasteiger partial charge in [0.25, 0.3) is 0 Å². The number of nitrogen functional groups attached to an aromatic ring is 1. The van der Waals surface area contributed by atoms with E-state index in [9.17, 15) is 13.2 Å². The van der Waals surface area contributed by atoms with Gasteiger partial charge >= 0.3 is 6.18 Å². The number of nitrogens with zero attached hydrogens (tertiary/aromatic N) is 2. The lowest BCUT2D eigenvalue weighted by molar-refractivity contribution is -0.137. The molecule has 22 heavy (non-hydrogen) atoms. The molecule has 0 amide bonds. The first-order chi connectivity index (χ1) is 10.3. The van der Waals surface area contributed by atoms with E-state index in [1.165, 1.54) is 11.3 Å². The van der Waals surface area contributed by atoms with E-state index in [1.807, 2.05) is 0 Å². The van der Waals surface area contributed by atoms with E-state index in [0.29, 0.717) is 28.3 Å². The second-order valence-corrected chi connectivity index (χ2v) is 7.51. The minimum Gasteiger partial charge on any atom is -0.375 e. The molecule has 0 saturated carbocycles. The Morgan fingerprint density at radius 3 is 2.82 bits per heavy atom. The highest BCUT2D eigenvalue weighted by molar-refractivity contribution is 7.17. The highest BCUT2D eigenvalue weighted by atomic mass is 32.1. The molecular weight excluding hydrogens is 331 g/mol. The fraction of sp³-hybridized carbons (Fsp3) is 0.500. The van der Waals surface area contributed by atoms with Crippen molar-refractivity contribution in [2.75, 3.05) is 12.3 Å². The Balaban J connectivity index is 1.89. The van der Waals surface area contributed by atoms with Crippen molar-refractivity contribution in [3.63, 3.8) is 0 Å². The normalized spacial score (nSPS) is 19.9. The predicted molar refractivity (Wildman–Crippen MR) is 83.9 cm³/mol. The summed E-state index contributed by atoms with van der Waals surface area (Å²) in [5, 5.41) is 1.53.